The van der Waals surface area contributed by atoms with Gasteiger partial charge in [0.1, 0.15) is 0 Å². The van der Waals surface area contributed by atoms with Crippen LogP contribution in [0.25, 0.3) is 0 Å². The molecule has 0 radical (unpaired) electrons. The van der Waals surface area contributed by atoms with E-state index in [1.165, 1.54) is 0 Å². The van der Waals surface area contributed by atoms with E-state index >= 15 is 0 Å². The van der Waals surface area contributed by atoms with E-state index in [2.05, 4.69) is 5.32 Å². The van der Waals surface area contributed by atoms with E-state index in [-0.39, 0.29) is 17.9 Å². The fourth-order valence-corrected chi connectivity index (χ4v) is 2.90. The first kappa shape index (κ1) is 15.8. The molecule has 0 bridgehead atoms. The quantitative estimate of drug-likeness (QED) is 0.898. The number of nitrogens with one attached hydrogen (secondary N) is 1. The first-order valence-electron chi connectivity index (χ1n) is 7.10. The number of carboxylic acid groups (broad SMARTS) is 1. The molecule has 0 saturated heterocycles. The van der Waals surface area contributed by atoms with Gasteiger partial charge in [-0.2, -0.15) is 0 Å². The number of halogens is 1. The third kappa shape index (κ3) is 3.56. The summed E-state index contributed by atoms with van der Waals surface area (Å²) in [7, 11) is 0. The van der Waals surface area contributed by atoms with Gasteiger partial charge in [-0.15, -0.1) is 0 Å². The summed E-state index contributed by atoms with van der Waals surface area (Å²) in [5.74, 6) is -1.22. The van der Waals surface area contributed by atoms with Gasteiger partial charge in [-0.25, -0.2) is 0 Å². The maximum absolute atomic E-state index is 12.5. The number of carbonyl (C=O) groups is 2. The van der Waals surface area contributed by atoms with Gasteiger partial charge in [0.15, 0.2) is 0 Å². The molecule has 1 fully saturated rings. The summed E-state index contributed by atoms with van der Waals surface area (Å²) >= 11 is 5.98. The minimum absolute atomic E-state index is 0.0583. The van der Waals surface area contributed by atoms with Gasteiger partial charge < -0.3 is 10.4 Å². The van der Waals surface area contributed by atoms with Crippen molar-refractivity contribution in [2.24, 2.45) is 5.92 Å². The molecule has 1 amide bonds. The van der Waals surface area contributed by atoms with E-state index in [9.17, 15) is 9.59 Å². The predicted octanol–water partition coefficient (Wildman–Crippen LogP) is 2.99. The van der Waals surface area contributed by atoms with Crippen LogP contribution in [0.15, 0.2) is 24.3 Å². The van der Waals surface area contributed by atoms with E-state index in [0.29, 0.717) is 24.3 Å². The van der Waals surface area contributed by atoms with Crippen molar-refractivity contribution in [1.29, 1.82) is 0 Å². The van der Waals surface area contributed by atoms with Gasteiger partial charge in [0.2, 0.25) is 5.91 Å². The summed E-state index contributed by atoms with van der Waals surface area (Å²) in [6.45, 7) is 3.69. The summed E-state index contributed by atoms with van der Waals surface area (Å²) in [6, 6.07) is 7.20. The number of carboxylic acids is 1. The van der Waals surface area contributed by atoms with Gasteiger partial charge in [0, 0.05) is 11.1 Å². The predicted molar refractivity (Wildman–Crippen MR) is 81.4 cm³/mol. The van der Waals surface area contributed by atoms with E-state index in [0.717, 1.165) is 5.56 Å². The zero-order valence-corrected chi connectivity index (χ0v) is 13.0. The standard InChI is InChI=1S/C16H20ClNO3/c1-16(2,11-4-3-5-12(17)9-11)15(21)18-13-7-6-10(8-13)14(19)20/h3-5,9-10,13H,6-8H2,1-2H3,(H,18,21)(H,19,20)/t10-,13+/m0/s1. The summed E-state index contributed by atoms with van der Waals surface area (Å²) in [4.78, 5) is 23.5. The lowest BCUT2D eigenvalue weighted by molar-refractivity contribution is -0.141. The van der Waals surface area contributed by atoms with Gasteiger partial charge >= 0.3 is 5.97 Å². The molecular formula is C16H20ClNO3. The molecule has 1 aromatic carbocycles. The van der Waals surface area contributed by atoms with Crippen molar-refractivity contribution in [3.63, 3.8) is 0 Å². The number of rotatable bonds is 4. The van der Waals surface area contributed by atoms with Crippen molar-refractivity contribution >= 4 is 23.5 Å². The third-order valence-corrected chi connectivity index (χ3v) is 4.47. The average molecular weight is 310 g/mol. The van der Waals surface area contributed by atoms with Crippen LogP contribution in [0, 0.1) is 5.92 Å². The monoisotopic (exact) mass is 309 g/mol. The Morgan fingerprint density at radius 2 is 2.05 bits per heavy atom. The van der Waals surface area contributed by atoms with Crippen molar-refractivity contribution in [1.82, 2.24) is 5.32 Å². The van der Waals surface area contributed by atoms with E-state index in [4.69, 9.17) is 16.7 Å². The van der Waals surface area contributed by atoms with Crippen LogP contribution in [-0.4, -0.2) is 23.0 Å². The maximum atomic E-state index is 12.5. The zero-order valence-electron chi connectivity index (χ0n) is 12.2. The molecule has 2 atom stereocenters. The van der Waals surface area contributed by atoms with Gasteiger partial charge in [-0.05, 0) is 50.8 Å². The molecule has 0 unspecified atom stereocenters. The Balaban J connectivity index is 2.04. The lowest BCUT2D eigenvalue weighted by Gasteiger charge is -2.26. The van der Waals surface area contributed by atoms with Crippen LogP contribution >= 0.6 is 11.6 Å². The first-order valence-corrected chi connectivity index (χ1v) is 7.48. The minimum Gasteiger partial charge on any atom is -0.481 e. The summed E-state index contributed by atoms with van der Waals surface area (Å²) in [5, 5.41) is 12.6. The number of hydrogen-bond acceptors (Lipinski definition) is 2. The van der Waals surface area contributed by atoms with Gasteiger partial charge in [0.25, 0.3) is 0 Å². The number of aliphatic carboxylic acids is 1. The lowest BCUT2D eigenvalue weighted by atomic mass is 9.83. The highest BCUT2D eigenvalue weighted by atomic mass is 35.5. The van der Waals surface area contributed by atoms with Crippen LogP contribution in [0.4, 0.5) is 0 Å². The average Bonchev–Trinajstić information content (AvgIpc) is 2.87. The Morgan fingerprint density at radius 1 is 1.33 bits per heavy atom. The highest BCUT2D eigenvalue weighted by molar-refractivity contribution is 6.30. The summed E-state index contributed by atoms with van der Waals surface area (Å²) in [5.41, 5.74) is 0.145. The second-order valence-corrected chi connectivity index (χ2v) is 6.59. The molecule has 0 aromatic heterocycles. The van der Waals surface area contributed by atoms with Crippen molar-refractivity contribution in [3.05, 3.63) is 34.9 Å². The molecule has 0 aliphatic heterocycles. The first-order chi connectivity index (χ1) is 9.80. The highest BCUT2D eigenvalue weighted by Gasteiger charge is 2.35. The molecule has 1 aliphatic rings. The number of amides is 1. The van der Waals surface area contributed by atoms with Crippen LogP contribution in [0.5, 0.6) is 0 Å². The number of hydrogen-bond donors (Lipinski definition) is 2. The Labute approximate surface area is 129 Å². The molecule has 5 heteroatoms. The Hall–Kier alpha value is -1.55. The molecule has 1 saturated carbocycles. The van der Waals surface area contributed by atoms with Crippen LogP contribution in [0.3, 0.4) is 0 Å². The number of carbonyl (C=O) groups excluding carboxylic acids is 1. The molecule has 0 spiro atoms. The zero-order chi connectivity index (χ0) is 15.6. The molecule has 114 valence electrons. The third-order valence-electron chi connectivity index (χ3n) is 4.23. The van der Waals surface area contributed by atoms with E-state index in [1.807, 2.05) is 26.0 Å². The molecule has 2 N–H and O–H groups in total. The van der Waals surface area contributed by atoms with Crippen LogP contribution < -0.4 is 5.32 Å². The molecule has 2 rings (SSSR count). The molecular weight excluding hydrogens is 290 g/mol. The van der Waals surface area contributed by atoms with Crippen molar-refractivity contribution < 1.29 is 14.7 Å². The second kappa shape index (κ2) is 6.06. The lowest BCUT2D eigenvalue weighted by Crippen LogP contribution is -2.44. The smallest absolute Gasteiger partial charge is 0.306 e. The minimum atomic E-state index is -0.777. The Morgan fingerprint density at radius 3 is 2.62 bits per heavy atom. The molecule has 21 heavy (non-hydrogen) atoms. The molecule has 0 heterocycles. The largest absolute Gasteiger partial charge is 0.481 e. The van der Waals surface area contributed by atoms with Gasteiger partial charge in [-0.3, -0.25) is 9.59 Å². The van der Waals surface area contributed by atoms with Gasteiger partial charge in [-0.1, -0.05) is 23.7 Å². The Kier molecular flexibility index (Phi) is 4.57. The van der Waals surface area contributed by atoms with Gasteiger partial charge in [0.05, 0.1) is 11.3 Å². The molecule has 4 nitrogen and oxygen atoms in total. The SMILES string of the molecule is CC(C)(C(=O)N[C@@H]1CC[C@H](C(=O)O)C1)c1cccc(Cl)c1. The van der Waals surface area contributed by atoms with Crippen molar-refractivity contribution in [3.8, 4) is 0 Å². The van der Waals surface area contributed by atoms with Crippen LogP contribution in [0.2, 0.25) is 5.02 Å². The van der Waals surface area contributed by atoms with Crippen molar-refractivity contribution in [2.75, 3.05) is 0 Å². The fourth-order valence-electron chi connectivity index (χ4n) is 2.71. The van der Waals surface area contributed by atoms with Crippen LogP contribution in [-0.2, 0) is 15.0 Å². The highest BCUT2D eigenvalue weighted by Crippen LogP contribution is 2.29. The summed E-state index contributed by atoms with van der Waals surface area (Å²) < 4.78 is 0. The maximum Gasteiger partial charge on any atom is 0.306 e. The molecule has 1 aromatic rings. The summed E-state index contributed by atoms with van der Waals surface area (Å²) in [6.07, 6.45) is 1.85. The van der Waals surface area contributed by atoms with Crippen molar-refractivity contribution in [2.45, 2.75) is 44.6 Å². The topological polar surface area (TPSA) is 66.4 Å². The van der Waals surface area contributed by atoms with Crippen LogP contribution in [0.1, 0.15) is 38.7 Å². The van der Waals surface area contributed by atoms with E-state index < -0.39 is 11.4 Å². The Bertz CT molecular complexity index is 556. The second-order valence-electron chi connectivity index (χ2n) is 6.15. The number of benzene rings is 1. The van der Waals surface area contributed by atoms with E-state index in [1.54, 1.807) is 12.1 Å². The normalized spacial score (nSPS) is 22.0. The molecule has 1 aliphatic carbocycles. The fraction of sp³-hybridized carbons (Fsp3) is 0.500.